The van der Waals surface area contributed by atoms with E-state index in [1.807, 2.05) is 0 Å². The number of amides is 2. The van der Waals surface area contributed by atoms with Gasteiger partial charge in [0.25, 0.3) is 0 Å². The van der Waals surface area contributed by atoms with Crippen molar-refractivity contribution in [3.05, 3.63) is 30.3 Å². The molecule has 2 aliphatic heterocycles. The molecular formula is C17H23N3O4S. The van der Waals surface area contributed by atoms with Crippen molar-refractivity contribution in [3.8, 4) is 0 Å². The Balaban J connectivity index is 1.57. The Hall–Kier alpha value is -1.93. The third kappa shape index (κ3) is 3.85. The number of piperazine rings is 1. The molecule has 0 unspecified atom stereocenters. The number of rotatable bonds is 4. The Morgan fingerprint density at radius 1 is 0.960 bits per heavy atom. The van der Waals surface area contributed by atoms with Crippen molar-refractivity contribution < 1.29 is 18.0 Å². The second-order valence-corrected chi connectivity index (χ2v) is 8.40. The highest BCUT2D eigenvalue weighted by Crippen LogP contribution is 2.25. The predicted molar refractivity (Wildman–Crippen MR) is 92.1 cm³/mol. The summed E-state index contributed by atoms with van der Waals surface area (Å²) in [6.07, 6.45) is 1.90. The minimum atomic E-state index is -3.48. The fourth-order valence-corrected chi connectivity index (χ4v) is 4.88. The molecule has 0 aliphatic carbocycles. The minimum Gasteiger partial charge on any atom is -0.342 e. The molecule has 2 amide bonds. The van der Waals surface area contributed by atoms with E-state index in [9.17, 15) is 18.0 Å². The highest BCUT2D eigenvalue weighted by molar-refractivity contribution is 7.89. The summed E-state index contributed by atoms with van der Waals surface area (Å²) in [5, 5.41) is 0. The Morgan fingerprint density at radius 3 is 2.12 bits per heavy atom. The van der Waals surface area contributed by atoms with Crippen LogP contribution in [0.3, 0.4) is 0 Å². The number of sulfonamides is 1. The van der Waals surface area contributed by atoms with Crippen LogP contribution in [0.1, 0.15) is 12.8 Å². The lowest BCUT2D eigenvalue weighted by Crippen LogP contribution is -2.51. The maximum Gasteiger partial charge on any atom is 0.243 e. The molecule has 2 saturated heterocycles. The number of piperidine rings is 1. The predicted octanol–water partition coefficient (Wildman–Crippen LogP) is 0.388. The molecule has 7 nitrogen and oxygen atoms in total. The maximum atomic E-state index is 12.6. The summed E-state index contributed by atoms with van der Waals surface area (Å²) in [6, 6.07) is 8.40. The Morgan fingerprint density at radius 2 is 1.56 bits per heavy atom. The smallest absolute Gasteiger partial charge is 0.243 e. The lowest BCUT2D eigenvalue weighted by Gasteiger charge is -2.37. The molecule has 0 saturated carbocycles. The molecule has 0 radical (unpaired) electrons. The zero-order chi connectivity index (χ0) is 17.9. The van der Waals surface area contributed by atoms with E-state index in [0.717, 1.165) is 6.41 Å². The number of hydrogen-bond donors (Lipinski definition) is 0. The van der Waals surface area contributed by atoms with Crippen LogP contribution in [-0.2, 0) is 19.6 Å². The van der Waals surface area contributed by atoms with Gasteiger partial charge in [0.15, 0.2) is 0 Å². The molecule has 0 spiro atoms. The van der Waals surface area contributed by atoms with Crippen LogP contribution in [-0.4, -0.2) is 74.1 Å². The van der Waals surface area contributed by atoms with Crippen molar-refractivity contribution in [3.63, 3.8) is 0 Å². The monoisotopic (exact) mass is 365 g/mol. The van der Waals surface area contributed by atoms with E-state index < -0.39 is 10.0 Å². The quantitative estimate of drug-likeness (QED) is 0.723. The topological polar surface area (TPSA) is 78.0 Å². The normalized spacial score (nSPS) is 20.5. The van der Waals surface area contributed by atoms with E-state index in [0.29, 0.717) is 57.0 Å². The van der Waals surface area contributed by atoms with Crippen molar-refractivity contribution in [2.75, 3.05) is 39.3 Å². The first kappa shape index (κ1) is 17.9. The summed E-state index contributed by atoms with van der Waals surface area (Å²) >= 11 is 0. The molecular weight excluding hydrogens is 342 g/mol. The first-order valence-electron chi connectivity index (χ1n) is 8.55. The molecule has 1 aromatic carbocycles. The largest absolute Gasteiger partial charge is 0.342 e. The molecule has 1 aromatic rings. The number of hydrogen-bond acceptors (Lipinski definition) is 4. The van der Waals surface area contributed by atoms with Crippen molar-refractivity contribution in [1.29, 1.82) is 0 Å². The van der Waals surface area contributed by atoms with E-state index in [2.05, 4.69) is 0 Å². The molecule has 0 aromatic heterocycles. The molecule has 2 aliphatic rings. The Bertz CT molecular complexity index is 707. The fourth-order valence-electron chi connectivity index (χ4n) is 3.39. The summed E-state index contributed by atoms with van der Waals surface area (Å²) in [6.45, 7) is 2.97. The van der Waals surface area contributed by atoms with Crippen LogP contribution in [0.5, 0.6) is 0 Å². The van der Waals surface area contributed by atoms with Crippen LogP contribution in [0.15, 0.2) is 35.2 Å². The van der Waals surface area contributed by atoms with Gasteiger partial charge >= 0.3 is 0 Å². The van der Waals surface area contributed by atoms with Gasteiger partial charge in [0.2, 0.25) is 22.3 Å². The average molecular weight is 365 g/mol. The molecule has 2 fully saturated rings. The lowest BCUT2D eigenvalue weighted by molar-refractivity contribution is -0.140. The molecule has 0 atom stereocenters. The first-order valence-corrected chi connectivity index (χ1v) is 9.99. The van der Waals surface area contributed by atoms with E-state index in [-0.39, 0.29) is 11.8 Å². The van der Waals surface area contributed by atoms with E-state index >= 15 is 0 Å². The second-order valence-electron chi connectivity index (χ2n) is 6.46. The van der Waals surface area contributed by atoms with Crippen LogP contribution in [0.2, 0.25) is 0 Å². The first-order chi connectivity index (χ1) is 12.0. The van der Waals surface area contributed by atoms with Crippen LogP contribution < -0.4 is 0 Å². The molecule has 0 N–H and O–H groups in total. The fraction of sp³-hybridized carbons (Fsp3) is 0.529. The summed E-state index contributed by atoms with van der Waals surface area (Å²) in [5.74, 6) is -0.0488. The van der Waals surface area contributed by atoms with Gasteiger partial charge in [-0.05, 0) is 25.0 Å². The van der Waals surface area contributed by atoms with Crippen molar-refractivity contribution in [1.82, 2.24) is 14.1 Å². The summed E-state index contributed by atoms with van der Waals surface area (Å²) in [5.41, 5.74) is 0. The zero-order valence-corrected chi connectivity index (χ0v) is 14.9. The van der Waals surface area contributed by atoms with Gasteiger partial charge in [0.1, 0.15) is 0 Å². The Kier molecular flexibility index (Phi) is 5.39. The standard InChI is InChI=1S/C17H23N3O4S/c21-14-18-10-12-19(13-11-18)17(22)15-6-8-20(9-7-15)25(23,24)16-4-2-1-3-5-16/h1-5,14-15H,6-13H2. The van der Waals surface area contributed by atoms with Crippen molar-refractivity contribution in [2.45, 2.75) is 17.7 Å². The molecule has 136 valence electrons. The van der Waals surface area contributed by atoms with E-state index in [1.54, 1.807) is 40.1 Å². The van der Waals surface area contributed by atoms with Gasteiger partial charge in [-0.15, -0.1) is 0 Å². The highest BCUT2D eigenvalue weighted by Gasteiger charge is 2.34. The second kappa shape index (κ2) is 7.53. The Labute approximate surface area is 148 Å². The van der Waals surface area contributed by atoms with Crippen LogP contribution in [0, 0.1) is 5.92 Å². The zero-order valence-electron chi connectivity index (χ0n) is 14.1. The van der Waals surface area contributed by atoms with Gasteiger partial charge in [-0.25, -0.2) is 8.42 Å². The van der Waals surface area contributed by atoms with Gasteiger partial charge in [-0.1, -0.05) is 18.2 Å². The lowest BCUT2D eigenvalue weighted by atomic mass is 9.96. The third-order valence-electron chi connectivity index (χ3n) is 4.96. The van der Waals surface area contributed by atoms with Gasteiger partial charge in [0, 0.05) is 45.2 Å². The van der Waals surface area contributed by atoms with E-state index in [4.69, 9.17) is 0 Å². The van der Waals surface area contributed by atoms with Gasteiger partial charge in [-0.2, -0.15) is 4.31 Å². The van der Waals surface area contributed by atoms with Gasteiger partial charge in [0.05, 0.1) is 4.90 Å². The van der Waals surface area contributed by atoms with Crippen molar-refractivity contribution >= 4 is 22.3 Å². The van der Waals surface area contributed by atoms with Gasteiger partial charge in [-0.3, -0.25) is 9.59 Å². The SMILES string of the molecule is O=CN1CCN(C(=O)C2CCN(S(=O)(=O)c3ccccc3)CC2)CC1. The molecule has 8 heteroatoms. The highest BCUT2D eigenvalue weighted by atomic mass is 32.2. The number of benzene rings is 1. The number of nitrogens with zero attached hydrogens (tertiary/aromatic N) is 3. The molecule has 0 bridgehead atoms. The van der Waals surface area contributed by atoms with Crippen LogP contribution in [0.4, 0.5) is 0 Å². The van der Waals surface area contributed by atoms with E-state index in [1.165, 1.54) is 4.31 Å². The minimum absolute atomic E-state index is 0.0855. The molecule has 25 heavy (non-hydrogen) atoms. The van der Waals surface area contributed by atoms with Crippen molar-refractivity contribution in [2.24, 2.45) is 5.92 Å². The third-order valence-corrected chi connectivity index (χ3v) is 6.87. The number of carbonyl (C=O) groups excluding carboxylic acids is 2. The number of carbonyl (C=O) groups is 2. The molecule has 2 heterocycles. The van der Waals surface area contributed by atoms with Crippen LogP contribution >= 0.6 is 0 Å². The van der Waals surface area contributed by atoms with Gasteiger partial charge < -0.3 is 9.80 Å². The molecule has 3 rings (SSSR count). The maximum absolute atomic E-state index is 12.6. The summed E-state index contributed by atoms with van der Waals surface area (Å²) < 4.78 is 26.7. The summed E-state index contributed by atoms with van der Waals surface area (Å²) in [7, 11) is -3.48. The average Bonchev–Trinajstić information content (AvgIpc) is 2.68. The van der Waals surface area contributed by atoms with Crippen LogP contribution in [0.25, 0.3) is 0 Å². The summed E-state index contributed by atoms with van der Waals surface area (Å²) in [4.78, 5) is 27.1.